The number of carbonyl (C=O) groups is 2. The van der Waals surface area contributed by atoms with Crippen LogP contribution in [0, 0.1) is 0 Å². The SMILES string of the molecule is CC(=O)C1=C(O)C(=O)N(C)[C@@H]1c1ccc(Br)cc1. The van der Waals surface area contributed by atoms with Crippen molar-refractivity contribution in [3.63, 3.8) is 0 Å². The Bertz CT molecular complexity index is 548. The minimum absolute atomic E-state index is 0.157. The summed E-state index contributed by atoms with van der Waals surface area (Å²) < 4.78 is 0.913. The van der Waals surface area contributed by atoms with Crippen molar-refractivity contribution in [2.24, 2.45) is 0 Å². The summed E-state index contributed by atoms with van der Waals surface area (Å²) >= 11 is 3.33. The van der Waals surface area contributed by atoms with E-state index in [2.05, 4.69) is 15.9 Å². The molecular weight excluding hydrogens is 298 g/mol. The molecule has 0 saturated carbocycles. The molecule has 0 unspecified atom stereocenters. The molecular formula is C13H12BrNO3. The highest BCUT2D eigenvalue weighted by molar-refractivity contribution is 9.10. The minimum Gasteiger partial charge on any atom is -0.503 e. The fourth-order valence-corrected chi connectivity index (χ4v) is 2.38. The van der Waals surface area contributed by atoms with Crippen LogP contribution in [-0.2, 0) is 9.59 Å². The first-order valence-corrected chi connectivity index (χ1v) is 6.19. The maximum absolute atomic E-state index is 11.7. The number of halogens is 1. The van der Waals surface area contributed by atoms with E-state index in [1.165, 1.54) is 11.8 Å². The number of hydrogen-bond donors (Lipinski definition) is 1. The smallest absolute Gasteiger partial charge is 0.289 e. The number of aliphatic hydroxyl groups is 1. The van der Waals surface area contributed by atoms with E-state index in [1.807, 2.05) is 24.3 Å². The molecule has 1 aromatic rings. The molecule has 0 saturated heterocycles. The average molecular weight is 310 g/mol. The molecule has 1 atom stereocenters. The monoisotopic (exact) mass is 309 g/mol. The fourth-order valence-electron chi connectivity index (χ4n) is 2.12. The van der Waals surface area contributed by atoms with Crippen molar-refractivity contribution in [2.75, 3.05) is 7.05 Å². The number of hydrogen-bond acceptors (Lipinski definition) is 3. The molecule has 0 radical (unpaired) electrons. The number of benzene rings is 1. The van der Waals surface area contributed by atoms with Gasteiger partial charge in [-0.2, -0.15) is 0 Å². The maximum Gasteiger partial charge on any atom is 0.289 e. The van der Waals surface area contributed by atoms with Gasteiger partial charge in [-0.05, 0) is 24.6 Å². The van der Waals surface area contributed by atoms with E-state index in [-0.39, 0.29) is 11.4 Å². The molecule has 0 aromatic heterocycles. The molecule has 5 heteroatoms. The van der Waals surface area contributed by atoms with Crippen molar-refractivity contribution in [3.8, 4) is 0 Å². The van der Waals surface area contributed by atoms with E-state index in [0.717, 1.165) is 10.0 Å². The lowest BCUT2D eigenvalue weighted by molar-refractivity contribution is -0.128. The Morgan fingerprint density at radius 2 is 1.89 bits per heavy atom. The van der Waals surface area contributed by atoms with Gasteiger partial charge in [-0.15, -0.1) is 0 Å². The maximum atomic E-state index is 11.7. The van der Waals surface area contributed by atoms with Crippen LogP contribution in [0.25, 0.3) is 0 Å². The first kappa shape index (κ1) is 12.8. The largest absolute Gasteiger partial charge is 0.503 e. The van der Waals surface area contributed by atoms with E-state index in [0.29, 0.717) is 0 Å². The van der Waals surface area contributed by atoms with E-state index < -0.39 is 17.7 Å². The third-order valence-electron chi connectivity index (χ3n) is 3.00. The van der Waals surface area contributed by atoms with Gasteiger partial charge in [0.15, 0.2) is 11.5 Å². The van der Waals surface area contributed by atoms with Gasteiger partial charge in [-0.25, -0.2) is 0 Å². The zero-order chi connectivity index (χ0) is 13.4. The second-order valence-electron chi connectivity index (χ2n) is 4.19. The summed E-state index contributed by atoms with van der Waals surface area (Å²) in [5.74, 6) is -1.26. The Hall–Kier alpha value is -1.62. The Labute approximate surface area is 113 Å². The van der Waals surface area contributed by atoms with Crippen LogP contribution >= 0.6 is 15.9 Å². The Kier molecular flexibility index (Phi) is 3.26. The van der Waals surface area contributed by atoms with Crippen LogP contribution in [0.1, 0.15) is 18.5 Å². The lowest BCUT2D eigenvalue weighted by atomic mass is 9.97. The number of likely N-dealkylation sites (N-methyl/N-ethyl adjacent to an activating group) is 1. The molecule has 4 nitrogen and oxygen atoms in total. The molecule has 18 heavy (non-hydrogen) atoms. The summed E-state index contributed by atoms with van der Waals surface area (Å²) in [5, 5.41) is 9.74. The summed E-state index contributed by atoms with van der Waals surface area (Å²) in [4.78, 5) is 24.7. The van der Waals surface area contributed by atoms with Gasteiger partial charge in [-0.3, -0.25) is 9.59 Å². The van der Waals surface area contributed by atoms with Crippen LogP contribution in [0.2, 0.25) is 0 Å². The fraction of sp³-hybridized carbons (Fsp3) is 0.231. The first-order chi connectivity index (χ1) is 8.43. The number of ketones is 1. The van der Waals surface area contributed by atoms with Crippen LogP contribution in [0.4, 0.5) is 0 Å². The van der Waals surface area contributed by atoms with Gasteiger partial charge in [0, 0.05) is 11.5 Å². The Morgan fingerprint density at radius 1 is 1.33 bits per heavy atom. The van der Waals surface area contributed by atoms with E-state index in [4.69, 9.17) is 0 Å². The first-order valence-electron chi connectivity index (χ1n) is 5.40. The molecule has 0 spiro atoms. The van der Waals surface area contributed by atoms with E-state index in [1.54, 1.807) is 7.05 Å². The molecule has 1 N–H and O–H groups in total. The van der Waals surface area contributed by atoms with Crippen LogP contribution in [0.3, 0.4) is 0 Å². The third kappa shape index (κ3) is 1.95. The number of aliphatic hydroxyl groups excluding tert-OH is 1. The average Bonchev–Trinajstić information content (AvgIpc) is 2.55. The van der Waals surface area contributed by atoms with Crippen molar-refractivity contribution in [2.45, 2.75) is 13.0 Å². The highest BCUT2D eigenvalue weighted by Crippen LogP contribution is 2.36. The predicted molar refractivity (Wildman–Crippen MR) is 70.0 cm³/mol. The summed E-state index contributed by atoms with van der Waals surface area (Å²) in [5.41, 5.74) is 0.952. The predicted octanol–water partition coefficient (Wildman–Crippen LogP) is 2.36. The van der Waals surface area contributed by atoms with Gasteiger partial charge in [0.1, 0.15) is 0 Å². The normalized spacial score (nSPS) is 19.6. The summed E-state index contributed by atoms with van der Waals surface area (Å²) in [6, 6.07) is 6.80. The minimum atomic E-state index is -0.520. The molecule has 1 amide bonds. The quantitative estimate of drug-likeness (QED) is 0.912. The molecule has 94 valence electrons. The number of nitrogens with zero attached hydrogens (tertiary/aromatic N) is 1. The molecule has 1 aromatic carbocycles. The summed E-state index contributed by atoms with van der Waals surface area (Å²) in [7, 11) is 1.57. The molecule has 2 rings (SSSR count). The molecule has 1 aliphatic heterocycles. The van der Waals surface area contributed by atoms with Crippen molar-refractivity contribution in [1.29, 1.82) is 0 Å². The zero-order valence-electron chi connectivity index (χ0n) is 9.98. The van der Waals surface area contributed by atoms with E-state index in [9.17, 15) is 14.7 Å². The number of carbonyl (C=O) groups excluding carboxylic acids is 2. The van der Waals surface area contributed by atoms with Crippen molar-refractivity contribution < 1.29 is 14.7 Å². The molecule has 0 fully saturated rings. The van der Waals surface area contributed by atoms with Crippen molar-refractivity contribution >= 4 is 27.6 Å². The zero-order valence-corrected chi connectivity index (χ0v) is 11.6. The lowest BCUT2D eigenvalue weighted by Crippen LogP contribution is -2.26. The van der Waals surface area contributed by atoms with Crippen LogP contribution in [0.5, 0.6) is 0 Å². The van der Waals surface area contributed by atoms with Crippen molar-refractivity contribution in [3.05, 3.63) is 45.6 Å². The van der Waals surface area contributed by atoms with Crippen molar-refractivity contribution in [1.82, 2.24) is 4.90 Å². The third-order valence-corrected chi connectivity index (χ3v) is 3.53. The Balaban J connectivity index is 2.52. The topological polar surface area (TPSA) is 57.6 Å². The second kappa shape index (κ2) is 4.57. The van der Waals surface area contributed by atoms with Gasteiger partial charge in [-0.1, -0.05) is 28.1 Å². The van der Waals surface area contributed by atoms with Crippen LogP contribution in [0.15, 0.2) is 40.1 Å². The summed E-state index contributed by atoms with van der Waals surface area (Å²) in [6.07, 6.45) is 0. The molecule has 0 bridgehead atoms. The molecule has 1 aliphatic rings. The second-order valence-corrected chi connectivity index (χ2v) is 5.10. The lowest BCUT2D eigenvalue weighted by Gasteiger charge is -2.22. The molecule has 1 heterocycles. The highest BCUT2D eigenvalue weighted by Gasteiger charge is 2.40. The van der Waals surface area contributed by atoms with Gasteiger partial charge in [0.2, 0.25) is 0 Å². The van der Waals surface area contributed by atoms with Gasteiger partial charge < -0.3 is 10.0 Å². The number of rotatable bonds is 2. The van der Waals surface area contributed by atoms with Gasteiger partial charge in [0.05, 0.1) is 11.6 Å². The standard InChI is InChI=1S/C13H12BrNO3/c1-7(16)10-11(15(2)13(18)12(10)17)8-3-5-9(14)6-4-8/h3-6,11,17H,1-2H3/t11-/m1/s1. The van der Waals surface area contributed by atoms with Crippen LogP contribution in [-0.4, -0.2) is 28.7 Å². The van der Waals surface area contributed by atoms with Gasteiger partial charge >= 0.3 is 0 Å². The number of Topliss-reactive ketones (excluding diaryl/α,β-unsaturated/α-hetero) is 1. The highest BCUT2D eigenvalue weighted by atomic mass is 79.9. The van der Waals surface area contributed by atoms with E-state index >= 15 is 0 Å². The molecule has 0 aliphatic carbocycles. The Morgan fingerprint density at radius 3 is 2.39 bits per heavy atom. The van der Waals surface area contributed by atoms with Crippen LogP contribution < -0.4 is 0 Å². The number of amides is 1. The summed E-state index contributed by atoms with van der Waals surface area (Å²) in [6.45, 7) is 1.35. The van der Waals surface area contributed by atoms with Gasteiger partial charge in [0.25, 0.3) is 5.91 Å².